The zero-order valence-corrected chi connectivity index (χ0v) is 14.7. The van der Waals surface area contributed by atoms with Gasteiger partial charge in [-0.1, -0.05) is 19.9 Å². The number of nitrogens with zero attached hydrogens (tertiary/aromatic N) is 1. The van der Waals surface area contributed by atoms with Crippen molar-refractivity contribution in [1.29, 1.82) is 0 Å². The predicted octanol–water partition coefficient (Wildman–Crippen LogP) is 2.98. The van der Waals surface area contributed by atoms with Crippen LogP contribution in [0.3, 0.4) is 0 Å². The predicted molar refractivity (Wildman–Crippen MR) is 86.2 cm³/mol. The van der Waals surface area contributed by atoms with Crippen LogP contribution in [0.4, 0.5) is 0 Å². The Labute approximate surface area is 130 Å². The number of rotatable bonds is 8. The fourth-order valence-electron chi connectivity index (χ4n) is 2.05. The van der Waals surface area contributed by atoms with Crippen molar-refractivity contribution in [1.82, 2.24) is 9.62 Å². The number of halogens is 1. The molecule has 1 rings (SSSR count). The van der Waals surface area contributed by atoms with E-state index in [4.69, 9.17) is 0 Å². The van der Waals surface area contributed by atoms with Crippen LogP contribution >= 0.6 is 15.9 Å². The normalized spacial score (nSPS) is 12.1. The molecule has 114 valence electrons. The van der Waals surface area contributed by atoms with Crippen molar-refractivity contribution in [2.45, 2.75) is 38.1 Å². The first kappa shape index (κ1) is 17.6. The number of sulfonamides is 1. The van der Waals surface area contributed by atoms with Gasteiger partial charge in [0.1, 0.15) is 0 Å². The van der Waals surface area contributed by atoms with Gasteiger partial charge in [-0.15, -0.1) is 0 Å². The first-order valence-corrected chi connectivity index (χ1v) is 9.13. The maximum atomic E-state index is 12.8. The van der Waals surface area contributed by atoms with Crippen molar-refractivity contribution in [3.05, 3.63) is 28.2 Å². The second-order valence-corrected chi connectivity index (χ2v) is 7.46. The Kier molecular flexibility index (Phi) is 7.15. The molecule has 0 heterocycles. The molecular formula is C14H23BrN2O2S. The summed E-state index contributed by atoms with van der Waals surface area (Å²) in [5.74, 6) is 0. The number of benzene rings is 1. The molecule has 0 spiro atoms. The number of hydrogen-bond donors (Lipinski definition) is 1. The summed E-state index contributed by atoms with van der Waals surface area (Å²) < 4.78 is 27.7. The Morgan fingerprint density at radius 2 is 1.80 bits per heavy atom. The molecule has 0 aliphatic rings. The van der Waals surface area contributed by atoms with E-state index in [9.17, 15) is 8.42 Å². The van der Waals surface area contributed by atoms with Crippen LogP contribution in [-0.4, -0.2) is 32.9 Å². The number of hydrogen-bond acceptors (Lipinski definition) is 3. The minimum atomic E-state index is -3.44. The quantitative estimate of drug-likeness (QED) is 0.773. The first-order chi connectivity index (χ1) is 9.47. The Bertz CT molecular complexity index is 526. The highest BCUT2D eigenvalue weighted by molar-refractivity contribution is 9.10. The average molecular weight is 363 g/mol. The fraction of sp³-hybridized carbons (Fsp3) is 0.571. The average Bonchev–Trinajstić information content (AvgIpc) is 2.41. The SMILES string of the molecule is CCCN(CCC)S(=O)(=O)c1cc(CNC)ccc1Br. The van der Waals surface area contributed by atoms with E-state index in [0.717, 1.165) is 18.4 Å². The van der Waals surface area contributed by atoms with E-state index in [2.05, 4.69) is 21.2 Å². The Morgan fingerprint density at radius 3 is 2.30 bits per heavy atom. The molecule has 0 radical (unpaired) electrons. The largest absolute Gasteiger partial charge is 0.316 e. The molecule has 0 atom stereocenters. The summed E-state index contributed by atoms with van der Waals surface area (Å²) in [5, 5.41) is 3.04. The molecule has 0 unspecified atom stereocenters. The van der Waals surface area contributed by atoms with Gasteiger partial charge in [0.05, 0.1) is 4.90 Å². The summed E-state index contributed by atoms with van der Waals surface area (Å²) in [5.41, 5.74) is 0.960. The van der Waals surface area contributed by atoms with E-state index in [0.29, 0.717) is 29.0 Å². The molecule has 0 amide bonds. The van der Waals surface area contributed by atoms with E-state index in [1.54, 1.807) is 16.4 Å². The zero-order valence-electron chi connectivity index (χ0n) is 12.3. The summed E-state index contributed by atoms with van der Waals surface area (Å²) in [6.45, 7) is 5.74. The molecule has 6 heteroatoms. The van der Waals surface area contributed by atoms with Crippen LogP contribution in [0.2, 0.25) is 0 Å². The molecule has 1 aromatic carbocycles. The van der Waals surface area contributed by atoms with Gasteiger partial charge >= 0.3 is 0 Å². The van der Waals surface area contributed by atoms with Gasteiger partial charge in [0, 0.05) is 24.1 Å². The third-order valence-electron chi connectivity index (χ3n) is 2.94. The first-order valence-electron chi connectivity index (χ1n) is 6.90. The Morgan fingerprint density at radius 1 is 1.20 bits per heavy atom. The molecule has 0 saturated heterocycles. The van der Waals surface area contributed by atoms with Gasteiger partial charge in [0.2, 0.25) is 10.0 Å². The van der Waals surface area contributed by atoms with Crippen molar-refractivity contribution in [2.75, 3.05) is 20.1 Å². The smallest absolute Gasteiger partial charge is 0.244 e. The van der Waals surface area contributed by atoms with E-state index < -0.39 is 10.0 Å². The van der Waals surface area contributed by atoms with Gasteiger partial charge in [0.25, 0.3) is 0 Å². The van der Waals surface area contributed by atoms with Crippen LogP contribution in [0.15, 0.2) is 27.6 Å². The van der Waals surface area contributed by atoms with E-state index in [1.807, 2.05) is 27.0 Å². The lowest BCUT2D eigenvalue weighted by atomic mass is 10.2. The summed E-state index contributed by atoms with van der Waals surface area (Å²) in [6, 6.07) is 5.47. The highest BCUT2D eigenvalue weighted by Crippen LogP contribution is 2.26. The van der Waals surface area contributed by atoms with Gasteiger partial charge < -0.3 is 5.32 Å². The van der Waals surface area contributed by atoms with E-state index >= 15 is 0 Å². The molecule has 0 aliphatic carbocycles. The highest BCUT2D eigenvalue weighted by atomic mass is 79.9. The van der Waals surface area contributed by atoms with Crippen molar-refractivity contribution in [2.24, 2.45) is 0 Å². The van der Waals surface area contributed by atoms with Crippen LogP contribution in [-0.2, 0) is 16.6 Å². The number of nitrogens with one attached hydrogen (secondary N) is 1. The van der Waals surface area contributed by atoms with Gasteiger partial charge in [-0.2, -0.15) is 4.31 Å². The maximum Gasteiger partial charge on any atom is 0.244 e. The Hall–Kier alpha value is -0.430. The molecule has 0 aromatic heterocycles. The lowest BCUT2D eigenvalue weighted by molar-refractivity contribution is 0.409. The zero-order chi connectivity index (χ0) is 15.2. The third kappa shape index (κ3) is 4.28. The molecule has 0 fully saturated rings. The minimum absolute atomic E-state index is 0.354. The van der Waals surface area contributed by atoms with Crippen LogP contribution in [0.5, 0.6) is 0 Å². The van der Waals surface area contributed by atoms with Crippen LogP contribution < -0.4 is 5.32 Å². The van der Waals surface area contributed by atoms with Crippen LogP contribution in [0, 0.1) is 0 Å². The molecule has 20 heavy (non-hydrogen) atoms. The standard InChI is InChI=1S/C14H23BrN2O2S/c1-4-8-17(9-5-2)20(18,19)14-10-12(11-16-3)6-7-13(14)15/h6-7,10,16H,4-5,8-9,11H2,1-3H3. The molecule has 0 saturated carbocycles. The van der Waals surface area contributed by atoms with Crippen LogP contribution in [0.25, 0.3) is 0 Å². The van der Waals surface area contributed by atoms with Crippen molar-refractivity contribution >= 4 is 26.0 Å². The van der Waals surface area contributed by atoms with Crippen molar-refractivity contribution in [3.8, 4) is 0 Å². The van der Waals surface area contributed by atoms with Gasteiger partial charge in [-0.25, -0.2) is 8.42 Å². The molecule has 1 N–H and O–H groups in total. The summed E-state index contributed by atoms with van der Waals surface area (Å²) in [7, 11) is -1.59. The van der Waals surface area contributed by atoms with Gasteiger partial charge in [-0.05, 0) is 53.5 Å². The molecule has 0 bridgehead atoms. The second kappa shape index (κ2) is 8.12. The van der Waals surface area contributed by atoms with Gasteiger partial charge in [-0.3, -0.25) is 0 Å². The lowest BCUT2D eigenvalue weighted by Crippen LogP contribution is -2.32. The third-order valence-corrected chi connectivity index (χ3v) is 5.83. The molecular weight excluding hydrogens is 340 g/mol. The molecule has 4 nitrogen and oxygen atoms in total. The van der Waals surface area contributed by atoms with Crippen molar-refractivity contribution < 1.29 is 8.42 Å². The molecule has 0 aliphatic heterocycles. The minimum Gasteiger partial charge on any atom is -0.316 e. The Balaban J connectivity index is 3.21. The summed E-state index contributed by atoms with van der Waals surface area (Å²) >= 11 is 3.36. The second-order valence-electron chi connectivity index (χ2n) is 4.70. The molecule has 1 aromatic rings. The van der Waals surface area contributed by atoms with Crippen LogP contribution in [0.1, 0.15) is 32.3 Å². The maximum absolute atomic E-state index is 12.8. The fourth-order valence-corrected chi connectivity index (χ4v) is 4.65. The van der Waals surface area contributed by atoms with Crippen molar-refractivity contribution in [3.63, 3.8) is 0 Å². The lowest BCUT2D eigenvalue weighted by Gasteiger charge is -2.22. The van der Waals surface area contributed by atoms with E-state index in [1.165, 1.54) is 0 Å². The summed E-state index contributed by atoms with van der Waals surface area (Å²) in [6.07, 6.45) is 1.63. The monoisotopic (exact) mass is 362 g/mol. The van der Waals surface area contributed by atoms with Gasteiger partial charge in [0.15, 0.2) is 0 Å². The highest BCUT2D eigenvalue weighted by Gasteiger charge is 2.25. The van der Waals surface area contributed by atoms with E-state index in [-0.39, 0.29) is 0 Å². The summed E-state index contributed by atoms with van der Waals surface area (Å²) in [4.78, 5) is 0.354. The topological polar surface area (TPSA) is 49.4 Å².